The van der Waals surface area contributed by atoms with Crippen molar-refractivity contribution in [2.75, 3.05) is 5.75 Å². The van der Waals surface area contributed by atoms with Crippen LogP contribution in [0.25, 0.3) is 0 Å². The predicted molar refractivity (Wildman–Crippen MR) is 73.7 cm³/mol. The Morgan fingerprint density at radius 3 is 2.69 bits per heavy atom. The van der Waals surface area contributed by atoms with Gasteiger partial charge in [0.15, 0.2) is 0 Å². The van der Waals surface area contributed by atoms with Gasteiger partial charge in [0, 0.05) is 0 Å². The number of nitrogens with two attached hydrogens (primary N) is 1. The molecule has 0 saturated carbocycles. The van der Waals surface area contributed by atoms with E-state index in [2.05, 4.69) is 5.32 Å². The minimum Gasteiger partial charge on any atom is -0.391 e. The van der Waals surface area contributed by atoms with E-state index in [1.165, 1.54) is 0 Å². The molecule has 0 aromatic carbocycles. The van der Waals surface area contributed by atoms with Crippen LogP contribution in [0.3, 0.4) is 0 Å². The van der Waals surface area contributed by atoms with Gasteiger partial charge in [0.1, 0.15) is 0 Å². The molecule has 1 saturated heterocycles. The van der Waals surface area contributed by atoms with Gasteiger partial charge in [-0.1, -0.05) is 19.1 Å². The van der Waals surface area contributed by atoms with Crippen LogP contribution in [0.4, 0.5) is 0 Å². The molecule has 1 fully saturated rings. The third-order valence-corrected chi connectivity index (χ3v) is 5.31. The minimum absolute atomic E-state index is 0.0622. The molecule has 1 amide bonds. The van der Waals surface area contributed by atoms with E-state index in [1.54, 1.807) is 11.8 Å². The van der Waals surface area contributed by atoms with E-state index in [-0.39, 0.29) is 10.7 Å². The van der Waals surface area contributed by atoms with E-state index in [0.717, 1.165) is 25.0 Å². The standard InChI is InChI=1S/C11H20N2OS2/c1-4-10(2,8(12)15)13-9(14)11(3)6-5-7-16-11/h4-7H2,1-3H3,(H2,12,15)(H,13,14). The summed E-state index contributed by atoms with van der Waals surface area (Å²) in [5.74, 6) is 1.12. The van der Waals surface area contributed by atoms with Gasteiger partial charge in [-0.15, -0.1) is 11.8 Å². The summed E-state index contributed by atoms with van der Waals surface area (Å²) in [6.07, 6.45) is 2.75. The maximum absolute atomic E-state index is 12.2. The first-order valence-corrected chi connectivity index (χ1v) is 7.00. The summed E-state index contributed by atoms with van der Waals surface area (Å²) in [5.41, 5.74) is 5.12. The summed E-state index contributed by atoms with van der Waals surface area (Å²) in [4.78, 5) is 12.6. The topological polar surface area (TPSA) is 55.1 Å². The van der Waals surface area contributed by atoms with Gasteiger partial charge < -0.3 is 11.1 Å². The zero-order chi connectivity index (χ0) is 12.4. The van der Waals surface area contributed by atoms with Crippen LogP contribution in [0.15, 0.2) is 0 Å². The number of amides is 1. The predicted octanol–water partition coefficient (Wildman–Crippen LogP) is 1.84. The SMILES string of the molecule is CCC(C)(NC(=O)C1(C)CCCS1)C(N)=S. The van der Waals surface area contributed by atoms with Crippen LogP contribution in [-0.4, -0.2) is 26.9 Å². The van der Waals surface area contributed by atoms with Crippen LogP contribution in [0.5, 0.6) is 0 Å². The quantitative estimate of drug-likeness (QED) is 0.757. The molecule has 0 aromatic rings. The van der Waals surface area contributed by atoms with Crippen molar-refractivity contribution in [1.82, 2.24) is 5.32 Å². The summed E-state index contributed by atoms with van der Waals surface area (Å²) in [7, 11) is 0. The Balaban J connectivity index is 2.73. The first-order valence-electron chi connectivity index (χ1n) is 5.60. The van der Waals surface area contributed by atoms with Crippen molar-refractivity contribution in [3.05, 3.63) is 0 Å². The van der Waals surface area contributed by atoms with Gasteiger partial charge in [0.2, 0.25) is 5.91 Å². The van der Waals surface area contributed by atoms with Gasteiger partial charge in [-0.3, -0.25) is 4.79 Å². The number of thiocarbonyl (C=S) groups is 1. The van der Waals surface area contributed by atoms with Crippen LogP contribution in [0.2, 0.25) is 0 Å². The monoisotopic (exact) mass is 260 g/mol. The fourth-order valence-corrected chi connectivity index (χ4v) is 3.07. The van der Waals surface area contributed by atoms with E-state index in [9.17, 15) is 4.79 Å². The molecule has 92 valence electrons. The third kappa shape index (κ3) is 2.69. The van der Waals surface area contributed by atoms with Crippen molar-refractivity contribution in [3.8, 4) is 0 Å². The highest BCUT2D eigenvalue weighted by molar-refractivity contribution is 8.01. The first-order chi connectivity index (χ1) is 7.34. The minimum atomic E-state index is -0.557. The molecule has 16 heavy (non-hydrogen) atoms. The Bertz CT molecular complexity index is 300. The van der Waals surface area contributed by atoms with Crippen molar-refractivity contribution in [3.63, 3.8) is 0 Å². The summed E-state index contributed by atoms with van der Waals surface area (Å²) in [6, 6.07) is 0. The Kier molecular flexibility index (Phi) is 4.23. The van der Waals surface area contributed by atoms with Gasteiger partial charge in [-0.25, -0.2) is 0 Å². The van der Waals surface area contributed by atoms with Crippen LogP contribution in [0, 0.1) is 0 Å². The summed E-state index contributed by atoms with van der Waals surface area (Å²) >= 11 is 6.73. The second-order valence-electron chi connectivity index (χ2n) is 4.69. The van der Waals surface area contributed by atoms with Crippen molar-refractivity contribution >= 4 is 34.9 Å². The second-order valence-corrected chi connectivity index (χ2v) is 6.72. The van der Waals surface area contributed by atoms with Gasteiger partial charge in [0.25, 0.3) is 0 Å². The highest BCUT2D eigenvalue weighted by atomic mass is 32.2. The number of thioether (sulfide) groups is 1. The fraction of sp³-hybridized carbons (Fsp3) is 0.818. The molecule has 1 aliphatic rings. The number of nitrogens with one attached hydrogen (secondary N) is 1. The molecule has 5 heteroatoms. The lowest BCUT2D eigenvalue weighted by atomic mass is 9.96. The van der Waals surface area contributed by atoms with E-state index >= 15 is 0 Å². The second kappa shape index (κ2) is 4.92. The number of carbonyl (C=O) groups is 1. The summed E-state index contributed by atoms with van der Waals surface area (Å²) in [5, 5.41) is 3.00. The molecule has 2 unspecified atom stereocenters. The maximum atomic E-state index is 12.2. The molecule has 0 aliphatic carbocycles. The van der Waals surface area contributed by atoms with Crippen LogP contribution < -0.4 is 11.1 Å². The lowest BCUT2D eigenvalue weighted by Gasteiger charge is -2.32. The third-order valence-electron chi connectivity index (χ3n) is 3.34. The molecule has 0 spiro atoms. The van der Waals surface area contributed by atoms with E-state index in [1.807, 2.05) is 20.8 Å². The molecular weight excluding hydrogens is 240 g/mol. The molecule has 0 bridgehead atoms. The largest absolute Gasteiger partial charge is 0.391 e. The lowest BCUT2D eigenvalue weighted by Crippen LogP contribution is -2.58. The van der Waals surface area contributed by atoms with Crippen LogP contribution in [0.1, 0.15) is 40.0 Å². The lowest BCUT2D eigenvalue weighted by molar-refractivity contribution is -0.124. The molecule has 1 heterocycles. The molecule has 3 nitrogen and oxygen atoms in total. The molecule has 3 N–H and O–H groups in total. The van der Waals surface area contributed by atoms with Crippen molar-refractivity contribution in [1.29, 1.82) is 0 Å². The fourth-order valence-electron chi connectivity index (χ4n) is 1.67. The Hall–Kier alpha value is -0.290. The molecule has 0 radical (unpaired) electrons. The van der Waals surface area contributed by atoms with Crippen LogP contribution >= 0.6 is 24.0 Å². The average molecular weight is 260 g/mol. The van der Waals surface area contributed by atoms with Gasteiger partial charge >= 0.3 is 0 Å². The highest BCUT2D eigenvalue weighted by Crippen LogP contribution is 2.38. The Morgan fingerprint density at radius 1 is 1.69 bits per heavy atom. The van der Waals surface area contributed by atoms with Crippen molar-refractivity contribution < 1.29 is 4.79 Å². The smallest absolute Gasteiger partial charge is 0.236 e. The van der Waals surface area contributed by atoms with E-state index < -0.39 is 5.54 Å². The Labute approximate surface area is 107 Å². The number of carbonyl (C=O) groups excluding carboxylic acids is 1. The maximum Gasteiger partial charge on any atom is 0.236 e. The number of hydrogen-bond donors (Lipinski definition) is 2. The first kappa shape index (κ1) is 13.8. The summed E-state index contributed by atoms with van der Waals surface area (Å²) < 4.78 is -0.304. The van der Waals surface area contributed by atoms with Gasteiger partial charge in [-0.05, 0) is 38.9 Å². The highest BCUT2D eigenvalue weighted by Gasteiger charge is 2.40. The molecule has 0 aromatic heterocycles. The zero-order valence-electron chi connectivity index (χ0n) is 10.1. The molecule has 1 rings (SSSR count). The van der Waals surface area contributed by atoms with Gasteiger partial charge in [-0.2, -0.15) is 0 Å². The number of rotatable bonds is 4. The zero-order valence-corrected chi connectivity index (χ0v) is 11.8. The molecular formula is C11H20N2OS2. The van der Waals surface area contributed by atoms with Crippen molar-refractivity contribution in [2.45, 2.75) is 50.3 Å². The van der Waals surface area contributed by atoms with Crippen molar-refractivity contribution in [2.24, 2.45) is 5.73 Å². The average Bonchev–Trinajstić information content (AvgIpc) is 2.66. The summed E-state index contributed by atoms with van der Waals surface area (Å²) in [6.45, 7) is 5.86. The van der Waals surface area contributed by atoms with E-state index in [4.69, 9.17) is 18.0 Å². The van der Waals surface area contributed by atoms with Crippen LogP contribution in [-0.2, 0) is 4.79 Å². The van der Waals surface area contributed by atoms with E-state index in [0.29, 0.717) is 4.99 Å². The molecule has 2 atom stereocenters. The van der Waals surface area contributed by atoms with Gasteiger partial charge in [0.05, 0.1) is 15.3 Å². The molecule has 1 aliphatic heterocycles. The number of hydrogen-bond acceptors (Lipinski definition) is 3. The Morgan fingerprint density at radius 2 is 2.31 bits per heavy atom. The normalized spacial score (nSPS) is 28.4.